The van der Waals surface area contributed by atoms with Crippen LogP contribution in [0.4, 0.5) is 4.79 Å². The van der Waals surface area contributed by atoms with E-state index < -0.39 is 6.09 Å². The Bertz CT molecular complexity index is 349. The summed E-state index contributed by atoms with van der Waals surface area (Å²) >= 11 is 0. The fraction of sp³-hybridized carbons (Fsp3) is 0.300. The molecule has 0 aliphatic heterocycles. The van der Waals surface area contributed by atoms with E-state index in [0.717, 1.165) is 0 Å². The van der Waals surface area contributed by atoms with Crippen LogP contribution in [-0.2, 0) is 4.74 Å². The topological polar surface area (TPSA) is 63.6 Å². The normalized spacial score (nSPS) is 10.9. The average Bonchev–Trinajstić information content (AvgIpc) is 2.27. The maximum Gasteiger partial charge on any atom is 0.427 e. The first-order valence-electron chi connectivity index (χ1n) is 4.62. The monoisotopic (exact) mass is 207 g/mol. The second-order valence-corrected chi connectivity index (χ2v) is 2.74. The van der Waals surface area contributed by atoms with E-state index in [0.29, 0.717) is 18.0 Å². The van der Waals surface area contributed by atoms with Gasteiger partial charge in [-0.15, -0.1) is 0 Å². The minimum absolute atomic E-state index is 0.323. The summed E-state index contributed by atoms with van der Waals surface area (Å²) in [6, 6.07) is 5.48. The first kappa shape index (κ1) is 11.2. The second kappa shape index (κ2) is 5.74. The lowest BCUT2D eigenvalue weighted by Crippen LogP contribution is -2.20. The second-order valence-electron chi connectivity index (χ2n) is 2.74. The molecule has 0 aliphatic carbocycles. The Balaban J connectivity index is 2.57. The molecule has 15 heavy (non-hydrogen) atoms. The van der Waals surface area contributed by atoms with Gasteiger partial charge in [0.25, 0.3) is 0 Å². The van der Waals surface area contributed by atoms with E-state index in [1.54, 1.807) is 20.0 Å². The van der Waals surface area contributed by atoms with Crippen molar-refractivity contribution in [2.45, 2.75) is 13.8 Å². The number of aromatic nitrogens is 1. The van der Waals surface area contributed by atoms with Gasteiger partial charge in [0.05, 0.1) is 18.0 Å². The van der Waals surface area contributed by atoms with Gasteiger partial charge >= 0.3 is 6.09 Å². The van der Waals surface area contributed by atoms with Gasteiger partial charge in [-0.1, -0.05) is 6.07 Å². The maximum atomic E-state index is 10.9. The third kappa shape index (κ3) is 3.76. The Morgan fingerprint density at radius 3 is 3.00 bits per heavy atom. The first-order valence-corrected chi connectivity index (χ1v) is 4.62. The number of amides is 1. The molecule has 1 aromatic rings. The molecule has 1 amide bonds. The molecule has 0 aromatic carbocycles. The standard InChI is InChI=1S/C10H13N3O2/c1-3-15-10(14)13-12-8(2)9-6-4-5-7-11-9/h4-7H,3H2,1-2H3,(H,13,14). The minimum atomic E-state index is -0.562. The summed E-state index contributed by atoms with van der Waals surface area (Å²) in [6.07, 6.45) is 1.10. The molecule has 1 rings (SSSR count). The highest BCUT2D eigenvalue weighted by Crippen LogP contribution is 1.95. The summed E-state index contributed by atoms with van der Waals surface area (Å²) in [4.78, 5) is 15.0. The Hall–Kier alpha value is -1.91. The number of hydrogen-bond acceptors (Lipinski definition) is 4. The average molecular weight is 207 g/mol. The van der Waals surface area contributed by atoms with E-state index in [-0.39, 0.29) is 0 Å². The molecule has 0 saturated heterocycles. The summed E-state index contributed by atoms with van der Waals surface area (Å²) in [5, 5.41) is 3.84. The van der Waals surface area contributed by atoms with E-state index in [4.69, 9.17) is 0 Å². The van der Waals surface area contributed by atoms with Gasteiger partial charge in [0, 0.05) is 6.20 Å². The first-order chi connectivity index (χ1) is 7.24. The summed E-state index contributed by atoms with van der Waals surface area (Å²) in [5.41, 5.74) is 3.61. The predicted octanol–water partition coefficient (Wildman–Crippen LogP) is 1.55. The molecule has 0 radical (unpaired) electrons. The molecule has 0 bridgehead atoms. The molecule has 0 saturated carbocycles. The minimum Gasteiger partial charge on any atom is -0.449 e. The molecular formula is C10H13N3O2. The van der Waals surface area contributed by atoms with E-state index in [9.17, 15) is 4.79 Å². The lowest BCUT2D eigenvalue weighted by atomic mass is 10.3. The van der Waals surface area contributed by atoms with Gasteiger partial charge in [-0.3, -0.25) is 4.98 Å². The fourth-order valence-corrected chi connectivity index (χ4v) is 0.927. The van der Waals surface area contributed by atoms with E-state index in [1.807, 2.05) is 18.2 Å². The molecule has 0 spiro atoms. The van der Waals surface area contributed by atoms with Gasteiger partial charge in [-0.25, -0.2) is 10.2 Å². The van der Waals surface area contributed by atoms with Gasteiger partial charge < -0.3 is 4.74 Å². The summed E-state index contributed by atoms with van der Waals surface area (Å²) < 4.78 is 4.65. The van der Waals surface area contributed by atoms with Crippen molar-refractivity contribution in [3.63, 3.8) is 0 Å². The van der Waals surface area contributed by atoms with Crippen LogP contribution in [-0.4, -0.2) is 23.4 Å². The van der Waals surface area contributed by atoms with Crippen molar-refractivity contribution in [3.05, 3.63) is 30.1 Å². The van der Waals surface area contributed by atoms with Crippen LogP contribution in [0.2, 0.25) is 0 Å². The molecule has 5 heteroatoms. The number of carbonyl (C=O) groups excluding carboxylic acids is 1. The van der Waals surface area contributed by atoms with Crippen molar-refractivity contribution in [2.24, 2.45) is 5.10 Å². The number of nitrogens with zero attached hydrogens (tertiary/aromatic N) is 2. The van der Waals surface area contributed by atoms with Crippen LogP contribution >= 0.6 is 0 Å². The van der Waals surface area contributed by atoms with Crippen molar-refractivity contribution in [1.82, 2.24) is 10.4 Å². The third-order valence-corrected chi connectivity index (χ3v) is 1.63. The number of rotatable bonds is 3. The Kier molecular flexibility index (Phi) is 4.28. The molecule has 0 atom stereocenters. The lowest BCUT2D eigenvalue weighted by Gasteiger charge is -2.01. The summed E-state index contributed by atoms with van der Waals surface area (Å²) in [5.74, 6) is 0. The lowest BCUT2D eigenvalue weighted by molar-refractivity contribution is 0.152. The highest BCUT2D eigenvalue weighted by atomic mass is 16.5. The van der Waals surface area contributed by atoms with Gasteiger partial charge in [0.1, 0.15) is 0 Å². The van der Waals surface area contributed by atoms with Crippen molar-refractivity contribution < 1.29 is 9.53 Å². The van der Waals surface area contributed by atoms with Crippen LogP contribution in [0.3, 0.4) is 0 Å². The molecule has 0 fully saturated rings. The molecule has 1 aromatic heterocycles. The van der Waals surface area contributed by atoms with Crippen molar-refractivity contribution in [2.75, 3.05) is 6.61 Å². The zero-order valence-electron chi connectivity index (χ0n) is 8.73. The van der Waals surface area contributed by atoms with Gasteiger partial charge in [-0.05, 0) is 26.0 Å². The van der Waals surface area contributed by atoms with E-state index in [1.165, 1.54) is 0 Å². The van der Waals surface area contributed by atoms with Crippen LogP contribution in [0.5, 0.6) is 0 Å². The molecule has 5 nitrogen and oxygen atoms in total. The summed E-state index contributed by atoms with van der Waals surface area (Å²) in [6.45, 7) is 3.81. The Morgan fingerprint density at radius 2 is 2.40 bits per heavy atom. The molecule has 0 aliphatic rings. The number of ether oxygens (including phenoxy) is 1. The van der Waals surface area contributed by atoms with Gasteiger partial charge in [0.15, 0.2) is 0 Å². The maximum absolute atomic E-state index is 10.9. The molecular weight excluding hydrogens is 194 g/mol. The largest absolute Gasteiger partial charge is 0.449 e. The molecule has 80 valence electrons. The highest BCUT2D eigenvalue weighted by molar-refractivity contribution is 5.97. The number of carbonyl (C=O) groups is 1. The van der Waals surface area contributed by atoms with Crippen LogP contribution < -0.4 is 5.43 Å². The van der Waals surface area contributed by atoms with Crippen LogP contribution in [0, 0.1) is 0 Å². The van der Waals surface area contributed by atoms with Crippen molar-refractivity contribution in [1.29, 1.82) is 0 Å². The van der Waals surface area contributed by atoms with Crippen LogP contribution in [0.1, 0.15) is 19.5 Å². The van der Waals surface area contributed by atoms with Crippen molar-refractivity contribution in [3.8, 4) is 0 Å². The smallest absolute Gasteiger partial charge is 0.427 e. The molecule has 1 N–H and O–H groups in total. The fourth-order valence-electron chi connectivity index (χ4n) is 0.927. The zero-order chi connectivity index (χ0) is 11.1. The quantitative estimate of drug-likeness (QED) is 0.604. The number of hydrogen-bond donors (Lipinski definition) is 1. The Morgan fingerprint density at radius 1 is 1.60 bits per heavy atom. The van der Waals surface area contributed by atoms with Crippen LogP contribution in [0.15, 0.2) is 29.5 Å². The van der Waals surface area contributed by atoms with Crippen LogP contribution in [0.25, 0.3) is 0 Å². The zero-order valence-corrected chi connectivity index (χ0v) is 8.73. The van der Waals surface area contributed by atoms with Crippen molar-refractivity contribution >= 4 is 11.8 Å². The van der Waals surface area contributed by atoms with E-state index >= 15 is 0 Å². The highest BCUT2D eigenvalue weighted by Gasteiger charge is 2.00. The number of hydrazone groups is 1. The number of pyridine rings is 1. The predicted molar refractivity (Wildman–Crippen MR) is 56.6 cm³/mol. The Labute approximate surface area is 88.2 Å². The van der Waals surface area contributed by atoms with Gasteiger partial charge in [0.2, 0.25) is 0 Å². The SMILES string of the molecule is CCOC(=O)NN=C(C)c1ccccn1. The third-order valence-electron chi connectivity index (χ3n) is 1.63. The summed E-state index contributed by atoms with van der Waals surface area (Å²) in [7, 11) is 0. The molecule has 0 unspecified atom stereocenters. The van der Waals surface area contributed by atoms with E-state index in [2.05, 4.69) is 20.2 Å². The van der Waals surface area contributed by atoms with Gasteiger partial charge in [-0.2, -0.15) is 5.10 Å². The molecule has 1 heterocycles. The number of nitrogens with one attached hydrogen (secondary N) is 1.